The van der Waals surface area contributed by atoms with Crippen LogP contribution in [0.3, 0.4) is 0 Å². The number of carbonyl (C=O) groups is 1. The Bertz CT molecular complexity index is 484. The van der Waals surface area contributed by atoms with Crippen LogP contribution in [-0.4, -0.2) is 61.0 Å². The fraction of sp³-hybridized carbons (Fsp3) is 0.706. The lowest BCUT2D eigenvalue weighted by atomic mass is 10.3. The van der Waals surface area contributed by atoms with Gasteiger partial charge < -0.3 is 15.1 Å². The van der Waals surface area contributed by atoms with Crippen LogP contribution in [0, 0.1) is 6.92 Å². The van der Waals surface area contributed by atoms with E-state index < -0.39 is 0 Å². The molecule has 1 N–H and O–H groups in total. The highest BCUT2D eigenvalue weighted by atomic mass is 16.1. The number of rotatable bonds is 10. The molecule has 6 heteroatoms. The average Bonchev–Trinajstić information content (AvgIpc) is 2.50. The summed E-state index contributed by atoms with van der Waals surface area (Å²) in [6, 6.07) is 1.75. The van der Waals surface area contributed by atoms with E-state index in [4.69, 9.17) is 0 Å². The van der Waals surface area contributed by atoms with Gasteiger partial charge in [-0.3, -0.25) is 4.79 Å². The smallest absolute Gasteiger partial charge is 0.270 e. The molecule has 1 rings (SSSR count). The SMILES string of the molecule is CCCN(CCC)c1nc(C)cc(C(=O)NCCCN(C)C)n1. The molecular formula is C17H31N5O. The summed E-state index contributed by atoms with van der Waals surface area (Å²) >= 11 is 0. The summed E-state index contributed by atoms with van der Waals surface area (Å²) in [4.78, 5) is 25.5. The second kappa shape index (κ2) is 10.2. The fourth-order valence-corrected chi connectivity index (χ4v) is 2.35. The highest BCUT2D eigenvalue weighted by Gasteiger charge is 2.14. The zero-order valence-electron chi connectivity index (χ0n) is 15.2. The molecule has 6 nitrogen and oxygen atoms in total. The van der Waals surface area contributed by atoms with E-state index in [-0.39, 0.29) is 5.91 Å². The van der Waals surface area contributed by atoms with Crippen molar-refractivity contribution in [3.63, 3.8) is 0 Å². The first-order chi connectivity index (χ1) is 11.0. The minimum Gasteiger partial charge on any atom is -0.351 e. The van der Waals surface area contributed by atoms with Crippen LogP contribution in [0.1, 0.15) is 49.3 Å². The van der Waals surface area contributed by atoms with Gasteiger partial charge in [-0.1, -0.05) is 13.8 Å². The third kappa shape index (κ3) is 6.95. The maximum absolute atomic E-state index is 12.3. The van der Waals surface area contributed by atoms with Gasteiger partial charge in [0.05, 0.1) is 0 Å². The molecule has 0 aromatic carbocycles. The van der Waals surface area contributed by atoms with Crippen molar-refractivity contribution in [2.24, 2.45) is 0 Å². The van der Waals surface area contributed by atoms with E-state index in [9.17, 15) is 4.79 Å². The number of hydrogen-bond acceptors (Lipinski definition) is 5. The molecule has 0 atom stereocenters. The molecule has 0 aliphatic rings. The Morgan fingerprint density at radius 2 is 1.78 bits per heavy atom. The van der Waals surface area contributed by atoms with Crippen molar-refractivity contribution in [3.05, 3.63) is 17.5 Å². The molecule has 0 saturated carbocycles. The first kappa shape index (κ1) is 19.4. The molecule has 0 unspecified atom stereocenters. The first-order valence-electron chi connectivity index (χ1n) is 8.51. The molecule has 130 valence electrons. The largest absolute Gasteiger partial charge is 0.351 e. The zero-order chi connectivity index (χ0) is 17.2. The maximum Gasteiger partial charge on any atom is 0.270 e. The zero-order valence-corrected chi connectivity index (χ0v) is 15.2. The van der Waals surface area contributed by atoms with E-state index in [0.717, 1.165) is 44.6 Å². The van der Waals surface area contributed by atoms with Crippen LogP contribution >= 0.6 is 0 Å². The molecule has 1 amide bonds. The van der Waals surface area contributed by atoms with E-state index in [1.165, 1.54) is 0 Å². The van der Waals surface area contributed by atoms with Crippen LogP contribution in [0.25, 0.3) is 0 Å². The lowest BCUT2D eigenvalue weighted by Crippen LogP contribution is -2.30. The van der Waals surface area contributed by atoms with Crippen molar-refractivity contribution in [2.75, 3.05) is 45.2 Å². The number of nitrogens with one attached hydrogen (secondary N) is 1. The Hall–Kier alpha value is -1.69. The molecule has 0 saturated heterocycles. The molecule has 0 aliphatic heterocycles. The molecule has 0 spiro atoms. The van der Waals surface area contributed by atoms with E-state index in [1.807, 2.05) is 21.0 Å². The third-order valence-corrected chi connectivity index (χ3v) is 3.41. The van der Waals surface area contributed by atoms with Crippen molar-refractivity contribution >= 4 is 11.9 Å². The van der Waals surface area contributed by atoms with Crippen molar-refractivity contribution in [1.82, 2.24) is 20.2 Å². The van der Waals surface area contributed by atoms with Crippen LogP contribution in [0.5, 0.6) is 0 Å². The second-order valence-corrected chi connectivity index (χ2v) is 6.09. The Labute approximate surface area is 140 Å². The predicted molar refractivity (Wildman–Crippen MR) is 95.1 cm³/mol. The number of anilines is 1. The van der Waals surface area contributed by atoms with Gasteiger partial charge in [0.15, 0.2) is 0 Å². The Morgan fingerprint density at radius 3 is 2.35 bits per heavy atom. The highest BCUT2D eigenvalue weighted by Crippen LogP contribution is 2.11. The summed E-state index contributed by atoms with van der Waals surface area (Å²) in [6.45, 7) is 9.60. The van der Waals surface area contributed by atoms with Crippen molar-refractivity contribution in [3.8, 4) is 0 Å². The van der Waals surface area contributed by atoms with Gasteiger partial charge in [-0.2, -0.15) is 0 Å². The van der Waals surface area contributed by atoms with Gasteiger partial charge in [-0.05, 0) is 52.9 Å². The highest BCUT2D eigenvalue weighted by molar-refractivity contribution is 5.92. The van der Waals surface area contributed by atoms with E-state index in [0.29, 0.717) is 18.2 Å². The summed E-state index contributed by atoms with van der Waals surface area (Å²) in [5, 5.41) is 2.94. The normalized spacial score (nSPS) is 10.9. The van der Waals surface area contributed by atoms with E-state index in [2.05, 4.69) is 38.9 Å². The van der Waals surface area contributed by atoms with Crippen LogP contribution < -0.4 is 10.2 Å². The third-order valence-electron chi connectivity index (χ3n) is 3.41. The Kier molecular flexibility index (Phi) is 8.55. The van der Waals surface area contributed by atoms with Crippen molar-refractivity contribution in [2.45, 2.75) is 40.0 Å². The number of amides is 1. The van der Waals surface area contributed by atoms with Gasteiger partial charge in [-0.25, -0.2) is 9.97 Å². The minimum atomic E-state index is -0.122. The molecule has 1 heterocycles. The summed E-state index contributed by atoms with van der Waals surface area (Å²) in [5.74, 6) is 0.538. The Balaban J connectivity index is 2.76. The lowest BCUT2D eigenvalue weighted by molar-refractivity contribution is 0.0947. The molecule has 1 aromatic heterocycles. The number of aromatic nitrogens is 2. The monoisotopic (exact) mass is 321 g/mol. The first-order valence-corrected chi connectivity index (χ1v) is 8.51. The molecule has 1 aromatic rings. The van der Waals surface area contributed by atoms with Crippen molar-refractivity contribution < 1.29 is 4.79 Å². The summed E-state index contributed by atoms with van der Waals surface area (Å²) in [5.41, 5.74) is 1.28. The molecule has 0 bridgehead atoms. The fourth-order valence-electron chi connectivity index (χ4n) is 2.35. The summed E-state index contributed by atoms with van der Waals surface area (Å²) in [6.07, 6.45) is 2.99. The van der Waals surface area contributed by atoms with Gasteiger partial charge in [-0.15, -0.1) is 0 Å². The van der Waals surface area contributed by atoms with E-state index >= 15 is 0 Å². The van der Waals surface area contributed by atoms with Crippen LogP contribution in [0.4, 0.5) is 5.95 Å². The molecular weight excluding hydrogens is 290 g/mol. The van der Waals surface area contributed by atoms with Gasteiger partial charge in [0.2, 0.25) is 5.95 Å². The number of nitrogens with zero attached hydrogens (tertiary/aromatic N) is 4. The number of hydrogen-bond donors (Lipinski definition) is 1. The standard InChI is InChI=1S/C17H31N5O/c1-6-10-22(11-7-2)17-19-14(3)13-15(20-17)16(23)18-9-8-12-21(4)5/h13H,6-12H2,1-5H3,(H,18,23). The lowest BCUT2D eigenvalue weighted by Gasteiger charge is -2.22. The van der Waals surface area contributed by atoms with Crippen LogP contribution in [-0.2, 0) is 0 Å². The van der Waals surface area contributed by atoms with Crippen molar-refractivity contribution in [1.29, 1.82) is 0 Å². The van der Waals surface area contributed by atoms with Gasteiger partial charge in [0, 0.05) is 25.3 Å². The van der Waals surface area contributed by atoms with Gasteiger partial charge in [0.1, 0.15) is 5.69 Å². The Morgan fingerprint density at radius 1 is 1.13 bits per heavy atom. The minimum absolute atomic E-state index is 0.122. The van der Waals surface area contributed by atoms with Crippen LogP contribution in [0.2, 0.25) is 0 Å². The quantitative estimate of drug-likeness (QED) is 0.669. The number of aryl methyl sites for hydroxylation is 1. The van der Waals surface area contributed by atoms with Gasteiger partial charge >= 0.3 is 0 Å². The predicted octanol–water partition coefficient (Wildman–Crippen LogP) is 2.09. The van der Waals surface area contributed by atoms with Gasteiger partial charge in [0.25, 0.3) is 5.91 Å². The van der Waals surface area contributed by atoms with E-state index in [1.54, 1.807) is 6.07 Å². The molecule has 0 fully saturated rings. The second-order valence-electron chi connectivity index (χ2n) is 6.09. The molecule has 0 aliphatic carbocycles. The number of carbonyl (C=O) groups excluding carboxylic acids is 1. The van der Waals surface area contributed by atoms with Crippen LogP contribution in [0.15, 0.2) is 6.07 Å². The molecule has 0 radical (unpaired) electrons. The summed E-state index contributed by atoms with van der Waals surface area (Å²) in [7, 11) is 4.05. The summed E-state index contributed by atoms with van der Waals surface area (Å²) < 4.78 is 0. The average molecular weight is 321 g/mol. The maximum atomic E-state index is 12.3. The molecule has 23 heavy (non-hydrogen) atoms. The topological polar surface area (TPSA) is 61.4 Å².